The lowest BCUT2D eigenvalue weighted by Crippen LogP contribution is -2.59. The molecule has 2 saturated heterocycles. The Kier molecular flexibility index (Phi) is 13.4. The predicted molar refractivity (Wildman–Crippen MR) is 163 cm³/mol. The molecule has 43 heavy (non-hydrogen) atoms. The van der Waals surface area contributed by atoms with E-state index < -0.39 is 69.1 Å². The minimum Gasteiger partial charge on any atom is -0.363 e. The van der Waals surface area contributed by atoms with Gasteiger partial charge in [-0.3, -0.25) is 19.2 Å². The van der Waals surface area contributed by atoms with Crippen LogP contribution in [0.1, 0.15) is 91.9 Å². The summed E-state index contributed by atoms with van der Waals surface area (Å²) in [6.07, 6.45) is 8.21. The quantitative estimate of drug-likeness (QED) is 0.305. The smallest absolute Gasteiger partial charge is 0.315 e. The van der Waals surface area contributed by atoms with Gasteiger partial charge < -0.3 is 26.6 Å². The molecule has 0 spiro atoms. The Hall–Kier alpha value is -2.74. The number of nitrogens with two attached hydrogens (primary N) is 1. The van der Waals surface area contributed by atoms with Crippen LogP contribution in [0, 0.1) is 11.3 Å². The molecule has 0 radical (unpaired) electrons. The van der Waals surface area contributed by atoms with E-state index >= 15 is 0 Å². The van der Waals surface area contributed by atoms with Crippen molar-refractivity contribution >= 4 is 39.6 Å². The number of urea groups is 1. The van der Waals surface area contributed by atoms with Gasteiger partial charge in [-0.25, -0.2) is 17.5 Å². The number of ketones is 1. The topological polar surface area (TPSA) is 188 Å². The zero-order valence-corrected chi connectivity index (χ0v) is 27.4. The molecule has 0 aromatic heterocycles. The van der Waals surface area contributed by atoms with Gasteiger partial charge >= 0.3 is 6.03 Å². The van der Waals surface area contributed by atoms with Crippen molar-refractivity contribution in [2.75, 3.05) is 26.4 Å². The standard InChI is InChI=1S/C29H52N6O7S/c1-19-16-17-35-23(19)26(38)31-20(24(36)25(30)37)14-12-10-8-7-9-11-13-15-21(27(35)39)32-28(40)33-22(29(2,3)4)18-34(5)43(6,41)42/h19-23H,7-18H2,1-6H3,(H2,30,37)(H,31,38)(H2,32,33,40)/t19-,20-,21-,22+,23-/m0/s1. The van der Waals surface area contributed by atoms with Crippen LogP contribution in [0.15, 0.2) is 0 Å². The molecule has 0 unspecified atom stereocenters. The third-order valence-electron chi connectivity index (χ3n) is 8.57. The lowest BCUT2D eigenvalue weighted by molar-refractivity contribution is -0.143. The number of fused-ring (bicyclic) bond motifs is 1. The van der Waals surface area contributed by atoms with E-state index in [1.165, 1.54) is 16.3 Å². The van der Waals surface area contributed by atoms with Gasteiger partial charge in [-0.15, -0.1) is 0 Å². The van der Waals surface area contributed by atoms with Crippen molar-refractivity contribution in [3.05, 3.63) is 0 Å². The predicted octanol–water partition coefficient (Wildman–Crippen LogP) is 1.26. The molecule has 5 N–H and O–H groups in total. The van der Waals surface area contributed by atoms with Crippen LogP contribution < -0.4 is 21.7 Å². The molecular formula is C29H52N6O7S. The number of sulfonamides is 1. The lowest BCUT2D eigenvalue weighted by atomic mass is 9.86. The summed E-state index contributed by atoms with van der Waals surface area (Å²) in [6, 6.07) is -4.00. The number of likely N-dealkylation sites (N-methyl/N-ethyl adjacent to an activating group) is 1. The molecule has 2 rings (SSSR count). The Bertz CT molecular complexity index is 1120. The summed E-state index contributed by atoms with van der Waals surface area (Å²) in [7, 11) is -2.04. The van der Waals surface area contributed by atoms with E-state index in [4.69, 9.17) is 5.73 Å². The summed E-state index contributed by atoms with van der Waals surface area (Å²) in [5.41, 5.74) is 4.77. The fourth-order valence-corrected chi connectivity index (χ4v) is 6.04. The average Bonchev–Trinajstić information content (AvgIpc) is 3.28. The third kappa shape index (κ3) is 11.0. The molecule has 2 heterocycles. The van der Waals surface area contributed by atoms with Gasteiger partial charge in [0.1, 0.15) is 12.1 Å². The first-order valence-electron chi connectivity index (χ1n) is 15.4. The van der Waals surface area contributed by atoms with Crippen LogP contribution in [0.3, 0.4) is 0 Å². The Labute approximate surface area is 256 Å². The van der Waals surface area contributed by atoms with Crippen LogP contribution >= 0.6 is 0 Å². The minimum absolute atomic E-state index is 0.0471. The molecule has 0 saturated carbocycles. The molecule has 246 valence electrons. The monoisotopic (exact) mass is 628 g/mol. The van der Waals surface area contributed by atoms with Crippen LogP contribution in [-0.4, -0.2) is 97.7 Å². The number of hydrogen-bond acceptors (Lipinski definition) is 7. The minimum atomic E-state index is -3.48. The van der Waals surface area contributed by atoms with Gasteiger partial charge in [-0.1, -0.05) is 72.6 Å². The summed E-state index contributed by atoms with van der Waals surface area (Å²) in [5, 5.41) is 8.37. The molecule has 5 atom stereocenters. The zero-order valence-electron chi connectivity index (χ0n) is 26.6. The maximum atomic E-state index is 13.9. The number of carbonyl (C=O) groups is 5. The highest BCUT2D eigenvalue weighted by Gasteiger charge is 2.43. The summed E-state index contributed by atoms with van der Waals surface area (Å²) < 4.78 is 25.2. The van der Waals surface area contributed by atoms with Crippen LogP contribution in [-0.2, 0) is 29.2 Å². The Morgan fingerprint density at radius 2 is 1.58 bits per heavy atom. The number of nitrogens with zero attached hydrogens (tertiary/aromatic N) is 2. The van der Waals surface area contributed by atoms with Gasteiger partial charge in [0.05, 0.1) is 12.3 Å². The van der Waals surface area contributed by atoms with Crippen LogP contribution in [0.25, 0.3) is 0 Å². The van der Waals surface area contributed by atoms with Crippen molar-refractivity contribution in [3.63, 3.8) is 0 Å². The zero-order chi connectivity index (χ0) is 32.5. The molecule has 14 heteroatoms. The fourth-order valence-electron chi connectivity index (χ4n) is 5.62. The van der Waals surface area contributed by atoms with E-state index in [1.54, 1.807) is 0 Å². The van der Waals surface area contributed by atoms with Gasteiger partial charge in [-0.05, 0) is 30.6 Å². The summed E-state index contributed by atoms with van der Waals surface area (Å²) >= 11 is 0. The van der Waals surface area contributed by atoms with Crippen molar-refractivity contribution in [1.29, 1.82) is 0 Å². The first-order chi connectivity index (χ1) is 19.9. The molecule has 0 bridgehead atoms. The fraction of sp³-hybridized carbons (Fsp3) is 0.828. The Morgan fingerprint density at radius 1 is 1.02 bits per heavy atom. The summed E-state index contributed by atoms with van der Waals surface area (Å²) in [5.74, 6) is -3.10. The van der Waals surface area contributed by atoms with Gasteiger partial charge in [-0.2, -0.15) is 0 Å². The normalized spacial score (nSPS) is 25.9. The van der Waals surface area contributed by atoms with Crippen molar-refractivity contribution in [1.82, 2.24) is 25.2 Å². The lowest BCUT2D eigenvalue weighted by Gasteiger charge is -2.35. The largest absolute Gasteiger partial charge is 0.363 e. The number of nitrogens with one attached hydrogen (secondary N) is 3. The van der Waals surface area contributed by atoms with Gasteiger partial charge in [0.15, 0.2) is 0 Å². The van der Waals surface area contributed by atoms with E-state index in [0.717, 1.165) is 38.4 Å². The second kappa shape index (κ2) is 15.8. The molecule has 13 nitrogen and oxygen atoms in total. The average molecular weight is 629 g/mol. The molecule has 0 aliphatic carbocycles. The third-order valence-corrected chi connectivity index (χ3v) is 9.85. The molecule has 2 aliphatic heterocycles. The highest BCUT2D eigenvalue weighted by atomic mass is 32.2. The first-order valence-corrected chi connectivity index (χ1v) is 17.2. The van der Waals surface area contributed by atoms with Gasteiger partial charge in [0.2, 0.25) is 27.6 Å². The highest BCUT2D eigenvalue weighted by Crippen LogP contribution is 2.27. The number of rotatable bonds is 7. The number of carbonyl (C=O) groups excluding carboxylic acids is 5. The SMILES string of the molecule is C[C@H]1CCN2C(=O)[C@@H](NC(=O)N[C@H](CN(C)S(C)(=O)=O)C(C)(C)C)CCCCCCCCC[C@@H](C(=O)C(N)=O)NC(=O)[C@H]12. The highest BCUT2D eigenvalue weighted by molar-refractivity contribution is 7.88. The molecular weight excluding hydrogens is 576 g/mol. The van der Waals surface area contributed by atoms with E-state index in [0.29, 0.717) is 32.2 Å². The van der Waals surface area contributed by atoms with Gasteiger partial charge in [0.25, 0.3) is 5.91 Å². The van der Waals surface area contributed by atoms with Crippen molar-refractivity contribution in [2.45, 2.75) is 116 Å². The first kappa shape index (κ1) is 36.5. The van der Waals surface area contributed by atoms with E-state index in [-0.39, 0.29) is 18.9 Å². The van der Waals surface area contributed by atoms with Crippen LogP contribution in [0.4, 0.5) is 4.79 Å². The van der Waals surface area contributed by atoms with Crippen molar-refractivity contribution in [2.24, 2.45) is 17.1 Å². The van der Waals surface area contributed by atoms with Crippen LogP contribution in [0.5, 0.6) is 0 Å². The van der Waals surface area contributed by atoms with E-state index in [1.807, 2.05) is 27.7 Å². The van der Waals surface area contributed by atoms with Gasteiger partial charge in [0, 0.05) is 26.2 Å². The Morgan fingerprint density at radius 3 is 2.12 bits per heavy atom. The second-order valence-corrected chi connectivity index (χ2v) is 15.3. The van der Waals surface area contributed by atoms with Crippen molar-refractivity contribution < 1.29 is 32.4 Å². The molecule has 0 aromatic rings. The molecule has 2 aliphatic rings. The van der Waals surface area contributed by atoms with E-state index in [2.05, 4.69) is 16.0 Å². The van der Waals surface area contributed by atoms with Crippen molar-refractivity contribution in [3.8, 4) is 0 Å². The maximum absolute atomic E-state index is 13.9. The maximum Gasteiger partial charge on any atom is 0.315 e. The second-order valence-electron chi connectivity index (χ2n) is 13.2. The molecule has 0 aromatic carbocycles. The number of hydrogen-bond donors (Lipinski definition) is 4. The number of primary amides is 1. The number of amides is 5. The van der Waals surface area contributed by atoms with E-state index in [9.17, 15) is 32.4 Å². The Balaban J connectivity index is 2.30. The summed E-state index contributed by atoms with van der Waals surface area (Å²) in [6.45, 7) is 7.85. The number of Topliss-reactive ketones (excluding diaryl/α,β-unsaturated/α-hetero) is 1. The van der Waals surface area contributed by atoms with Crippen LogP contribution in [0.2, 0.25) is 0 Å². The summed E-state index contributed by atoms with van der Waals surface area (Å²) in [4.78, 5) is 66.4. The molecule has 2 fully saturated rings. The molecule has 5 amide bonds.